The van der Waals surface area contributed by atoms with Crippen molar-refractivity contribution in [2.75, 3.05) is 40.4 Å². The summed E-state index contributed by atoms with van der Waals surface area (Å²) in [5, 5.41) is 7.40. The summed E-state index contributed by atoms with van der Waals surface area (Å²) in [6.45, 7) is 7.84. The minimum absolute atomic E-state index is 0. The van der Waals surface area contributed by atoms with Crippen molar-refractivity contribution in [1.82, 2.24) is 20.4 Å². The van der Waals surface area contributed by atoms with Crippen LogP contribution >= 0.6 is 24.0 Å². The predicted molar refractivity (Wildman–Crippen MR) is 105 cm³/mol. The second kappa shape index (κ2) is 10.9. The molecule has 7 nitrogen and oxygen atoms in total. The van der Waals surface area contributed by atoms with E-state index in [0.29, 0.717) is 17.7 Å². The molecule has 1 saturated heterocycles. The van der Waals surface area contributed by atoms with Gasteiger partial charge in [-0.2, -0.15) is 4.98 Å². The minimum Gasteiger partial charge on any atom is -0.384 e. The molecule has 1 atom stereocenters. The molecule has 0 bridgehead atoms. The Balaban J connectivity index is 0.00000288. The van der Waals surface area contributed by atoms with Crippen LogP contribution in [0.2, 0.25) is 0 Å². The van der Waals surface area contributed by atoms with Crippen LogP contribution < -0.4 is 5.32 Å². The predicted octanol–water partition coefficient (Wildman–Crippen LogP) is 2.29. The summed E-state index contributed by atoms with van der Waals surface area (Å²) in [6.07, 6.45) is 2.89. The summed E-state index contributed by atoms with van der Waals surface area (Å²) in [5.74, 6) is 3.37. The van der Waals surface area contributed by atoms with Crippen LogP contribution in [0.15, 0.2) is 9.52 Å². The second-order valence-corrected chi connectivity index (χ2v) is 6.33. The number of aliphatic imine (C=N–C) groups is 1. The average molecular weight is 451 g/mol. The van der Waals surface area contributed by atoms with E-state index in [2.05, 4.69) is 39.2 Å². The molecule has 138 valence electrons. The highest BCUT2D eigenvalue weighted by molar-refractivity contribution is 14.0. The van der Waals surface area contributed by atoms with Crippen molar-refractivity contribution in [3.8, 4) is 0 Å². The van der Waals surface area contributed by atoms with E-state index in [9.17, 15) is 0 Å². The molecule has 0 aliphatic carbocycles. The Hall–Kier alpha value is -0.900. The first kappa shape index (κ1) is 21.1. The van der Waals surface area contributed by atoms with Crippen LogP contribution in [0, 0.1) is 5.92 Å². The SMILES string of the molecule is CN=C(NCCCc1nc(C(C)C)no1)N1CCC(COC)C1.I. The molecular weight excluding hydrogens is 421 g/mol. The molecule has 0 spiro atoms. The van der Waals surface area contributed by atoms with Crippen LogP contribution in [-0.2, 0) is 11.2 Å². The van der Waals surface area contributed by atoms with Gasteiger partial charge in [-0.25, -0.2) is 0 Å². The van der Waals surface area contributed by atoms with E-state index in [4.69, 9.17) is 9.26 Å². The van der Waals surface area contributed by atoms with E-state index in [1.54, 1.807) is 7.11 Å². The number of nitrogens with zero attached hydrogens (tertiary/aromatic N) is 4. The van der Waals surface area contributed by atoms with Gasteiger partial charge in [0.05, 0.1) is 6.61 Å². The molecule has 1 aliphatic heterocycles. The lowest BCUT2D eigenvalue weighted by molar-refractivity contribution is 0.157. The Labute approximate surface area is 161 Å². The monoisotopic (exact) mass is 451 g/mol. The summed E-state index contributed by atoms with van der Waals surface area (Å²) in [7, 11) is 3.59. The van der Waals surface area contributed by atoms with Crippen molar-refractivity contribution in [1.29, 1.82) is 0 Å². The molecule has 1 N–H and O–H groups in total. The Kier molecular flexibility index (Phi) is 9.57. The van der Waals surface area contributed by atoms with E-state index in [0.717, 1.165) is 57.3 Å². The zero-order valence-corrected chi connectivity index (χ0v) is 17.4. The van der Waals surface area contributed by atoms with Crippen molar-refractivity contribution < 1.29 is 9.26 Å². The van der Waals surface area contributed by atoms with Gasteiger partial charge in [0.1, 0.15) is 0 Å². The highest BCUT2D eigenvalue weighted by Crippen LogP contribution is 2.16. The summed E-state index contributed by atoms with van der Waals surface area (Å²) in [4.78, 5) is 11.1. The van der Waals surface area contributed by atoms with Crippen molar-refractivity contribution in [3.05, 3.63) is 11.7 Å². The van der Waals surface area contributed by atoms with E-state index < -0.39 is 0 Å². The molecule has 24 heavy (non-hydrogen) atoms. The summed E-state index contributed by atoms with van der Waals surface area (Å²) < 4.78 is 10.5. The van der Waals surface area contributed by atoms with Crippen LogP contribution in [0.3, 0.4) is 0 Å². The van der Waals surface area contributed by atoms with Gasteiger partial charge in [-0.3, -0.25) is 4.99 Å². The number of methoxy groups -OCH3 is 1. The number of halogens is 1. The molecular formula is C16H30IN5O2. The van der Waals surface area contributed by atoms with Gasteiger partial charge in [0.15, 0.2) is 11.8 Å². The Bertz CT molecular complexity index is 506. The van der Waals surface area contributed by atoms with Crippen LogP contribution in [0.1, 0.15) is 44.3 Å². The van der Waals surface area contributed by atoms with Crippen molar-refractivity contribution >= 4 is 29.9 Å². The van der Waals surface area contributed by atoms with Gasteiger partial charge in [0, 0.05) is 52.0 Å². The molecule has 0 aromatic carbocycles. The molecule has 1 unspecified atom stereocenters. The third-order valence-electron chi connectivity index (χ3n) is 4.05. The third kappa shape index (κ3) is 6.19. The maximum atomic E-state index is 5.26. The molecule has 1 aliphatic rings. The molecule has 1 aromatic heterocycles. The number of likely N-dealkylation sites (tertiary alicyclic amines) is 1. The van der Waals surface area contributed by atoms with Crippen molar-refractivity contribution in [2.45, 2.75) is 39.0 Å². The number of aryl methyl sites for hydroxylation is 1. The van der Waals surface area contributed by atoms with Gasteiger partial charge >= 0.3 is 0 Å². The Morgan fingerprint density at radius 2 is 2.29 bits per heavy atom. The zero-order chi connectivity index (χ0) is 16.7. The van der Waals surface area contributed by atoms with E-state index in [1.165, 1.54) is 0 Å². The van der Waals surface area contributed by atoms with E-state index in [1.807, 2.05) is 7.05 Å². The first-order chi connectivity index (χ1) is 11.1. The second-order valence-electron chi connectivity index (χ2n) is 6.33. The fourth-order valence-corrected chi connectivity index (χ4v) is 2.77. The molecule has 2 heterocycles. The summed E-state index contributed by atoms with van der Waals surface area (Å²) in [6, 6.07) is 0. The highest BCUT2D eigenvalue weighted by Gasteiger charge is 2.24. The van der Waals surface area contributed by atoms with Gasteiger partial charge < -0.3 is 19.5 Å². The summed E-state index contributed by atoms with van der Waals surface area (Å²) in [5.41, 5.74) is 0. The molecule has 0 amide bonds. The van der Waals surface area contributed by atoms with Crippen LogP contribution in [0.5, 0.6) is 0 Å². The number of rotatable bonds is 7. The topological polar surface area (TPSA) is 75.8 Å². The molecule has 2 rings (SSSR count). The van der Waals surface area contributed by atoms with Crippen LogP contribution in [-0.4, -0.2) is 61.4 Å². The van der Waals surface area contributed by atoms with E-state index in [-0.39, 0.29) is 24.0 Å². The van der Waals surface area contributed by atoms with Gasteiger partial charge in [0.25, 0.3) is 0 Å². The number of ether oxygens (including phenoxy) is 1. The molecule has 1 fully saturated rings. The summed E-state index contributed by atoms with van der Waals surface area (Å²) >= 11 is 0. The number of hydrogen-bond acceptors (Lipinski definition) is 5. The maximum Gasteiger partial charge on any atom is 0.226 e. The number of guanidine groups is 1. The third-order valence-corrected chi connectivity index (χ3v) is 4.05. The molecule has 0 radical (unpaired) electrons. The standard InChI is InChI=1S/C16H29N5O2.HI/c1-12(2)15-19-14(23-20-15)6-5-8-18-16(17-3)21-9-7-13(10-21)11-22-4;/h12-13H,5-11H2,1-4H3,(H,17,18);1H. The molecule has 8 heteroatoms. The number of aromatic nitrogens is 2. The zero-order valence-electron chi connectivity index (χ0n) is 15.1. The first-order valence-corrected chi connectivity index (χ1v) is 8.41. The van der Waals surface area contributed by atoms with Gasteiger partial charge in [-0.1, -0.05) is 19.0 Å². The average Bonchev–Trinajstić information content (AvgIpc) is 3.17. The van der Waals surface area contributed by atoms with Gasteiger partial charge in [-0.15, -0.1) is 24.0 Å². The van der Waals surface area contributed by atoms with Crippen LogP contribution in [0.25, 0.3) is 0 Å². The lowest BCUT2D eigenvalue weighted by Gasteiger charge is -2.21. The highest BCUT2D eigenvalue weighted by atomic mass is 127. The maximum absolute atomic E-state index is 5.26. The fourth-order valence-electron chi connectivity index (χ4n) is 2.77. The number of hydrogen-bond donors (Lipinski definition) is 1. The normalized spacial score (nSPS) is 18.1. The Morgan fingerprint density at radius 3 is 2.92 bits per heavy atom. The minimum atomic E-state index is 0. The van der Waals surface area contributed by atoms with E-state index >= 15 is 0 Å². The first-order valence-electron chi connectivity index (χ1n) is 8.41. The molecule has 1 aromatic rings. The largest absolute Gasteiger partial charge is 0.384 e. The quantitative estimate of drug-likeness (QED) is 0.297. The fraction of sp³-hybridized carbons (Fsp3) is 0.812. The number of nitrogens with one attached hydrogen (secondary N) is 1. The van der Waals surface area contributed by atoms with Gasteiger partial charge in [0.2, 0.25) is 5.89 Å². The lowest BCUT2D eigenvalue weighted by atomic mass is 10.1. The lowest BCUT2D eigenvalue weighted by Crippen LogP contribution is -2.40. The van der Waals surface area contributed by atoms with Crippen molar-refractivity contribution in [3.63, 3.8) is 0 Å². The van der Waals surface area contributed by atoms with Crippen molar-refractivity contribution in [2.24, 2.45) is 10.9 Å². The smallest absolute Gasteiger partial charge is 0.226 e. The Morgan fingerprint density at radius 1 is 1.50 bits per heavy atom. The van der Waals surface area contributed by atoms with Crippen LogP contribution in [0.4, 0.5) is 0 Å². The van der Waals surface area contributed by atoms with Gasteiger partial charge in [-0.05, 0) is 12.8 Å². The molecule has 0 saturated carbocycles.